The van der Waals surface area contributed by atoms with E-state index in [-0.39, 0.29) is 24.5 Å². The van der Waals surface area contributed by atoms with Crippen LogP contribution in [0.3, 0.4) is 0 Å². The molecule has 0 saturated heterocycles. The van der Waals surface area contributed by atoms with Crippen LogP contribution in [0.5, 0.6) is 0 Å². The van der Waals surface area contributed by atoms with E-state index in [0.717, 1.165) is 0 Å². The number of amides is 1. The fourth-order valence-corrected chi connectivity index (χ4v) is 0.701. The molecular weight excluding hydrogens is 154 g/mol. The Kier molecular flexibility index (Phi) is 5.06. The van der Waals surface area contributed by atoms with Crippen LogP contribution in [0.15, 0.2) is 0 Å². The van der Waals surface area contributed by atoms with E-state index in [1.165, 1.54) is 0 Å². The number of carbonyl (C=O) groups excluding carboxylic acids is 1. The van der Waals surface area contributed by atoms with E-state index >= 15 is 0 Å². The normalized spacial score (nSPS) is 12.2. The summed E-state index contributed by atoms with van der Waals surface area (Å²) in [5, 5.41) is 13.7. The van der Waals surface area contributed by atoms with Crippen LogP contribution in [0.25, 0.3) is 0 Å². The SMILES string of the molecule is CC(C)NC(=O)C(C)NCC#N. The second-order valence-electron chi connectivity index (χ2n) is 2.92. The number of nitrogens with zero attached hydrogens (tertiary/aromatic N) is 1. The first-order valence-corrected chi connectivity index (χ1v) is 3.98. The molecule has 0 aliphatic rings. The van der Waals surface area contributed by atoms with Crippen molar-refractivity contribution in [2.45, 2.75) is 32.9 Å². The number of rotatable bonds is 4. The van der Waals surface area contributed by atoms with E-state index in [0.29, 0.717) is 0 Å². The van der Waals surface area contributed by atoms with Crippen LogP contribution in [0.2, 0.25) is 0 Å². The van der Waals surface area contributed by atoms with Crippen molar-refractivity contribution in [3.05, 3.63) is 0 Å². The molecule has 0 saturated carbocycles. The number of nitrogens with one attached hydrogen (secondary N) is 2. The fraction of sp³-hybridized carbons (Fsp3) is 0.750. The molecular formula is C8H15N3O. The zero-order valence-electron chi connectivity index (χ0n) is 7.72. The van der Waals surface area contributed by atoms with Crippen LogP contribution in [0.1, 0.15) is 20.8 Å². The largest absolute Gasteiger partial charge is 0.353 e. The van der Waals surface area contributed by atoms with Gasteiger partial charge in [-0.05, 0) is 20.8 Å². The Hall–Kier alpha value is -1.08. The minimum absolute atomic E-state index is 0.0692. The second kappa shape index (κ2) is 5.56. The molecule has 0 heterocycles. The molecule has 0 fully saturated rings. The maximum atomic E-state index is 11.2. The molecule has 4 heteroatoms. The molecule has 0 radical (unpaired) electrons. The highest BCUT2D eigenvalue weighted by Crippen LogP contribution is 1.84. The molecule has 1 atom stereocenters. The fourth-order valence-electron chi connectivity index (χ4n) is 0.701. The summed E-state index contributed by atoms with van der Waals surface area (Å²) in [4.78, 5) is 11.2. The molecule has 0 aromatic heterocycles. The average Bonchev–Trinajstić information content (AvgIpc) is 1.98. The van der Waals surface area contributed by atoms with Gasteiger partial charge in [0.1, 0.15) is 0 Å². The second-order valence-corrected chi connectivity index (χ2v) is 2.92. The third-order valence-corrected chi connectivity index (χ3v) is 1.31. The summed E-state index contributed by atoms with van der Waals surface area (Å²) in [5.74, 6) is -0.0692. The average molecular weight is 169 g/mol. The van der Waals surface area contributed by atoms with Crippen LogP contribution < -0.4 is 10.6 Å². The Bertz CT molecular complexity index is 183. The van der Waals surface area contributed by atoms with E-state index in [9.17, 15) is 4.79 Å². The summed E-state index contributed by atoms with van der Waals surface area (Å²) in [6.07, 6.45) is 0. The summed E-state index contributed by atoms with van der Waals surface area (Å²) in [5.41, 5.74) is 0. The van der Waals surface area contributed by atoms with E-state index in [1.54, 1.807) is 6.92 Å². The van der Waals surface area contributed by atoms with E-state index in [2.05, 4.69) is 10.6 Å². The molecule has 0 rings (SSSR count). The first-order valence-electron chi connectivity index (χ1n) is 3.98. The minimum atomic E-state index is -0.299. The van der Waals surface area contributed by atoms with Crippen LogP contribution in [0.4, 0.5) is 0 Å². The molecule has 0 aromatic carbocycles. The predicted molar refractivity (Wildman–Crippen MR) is 46.4 cm³/mol. The van der Waals surface area contributed by atoms with Crippen LogP contribution in [0, 0.1) is 11.3 Å². The number of hydrogen-bond acceptors (Lipinski definition) is 3. The molecule has 1 amide bonds. The molecule has 0 aliphatic heterocycles. The lowest BCUT2D eigenvalue weighted by molar-refractivity contribution is -0.123. The van der Waals surface area contributed by atoms with Gasteiger partial charge in [-0.1, -0.05) is 0 Å². The van der Waals surface area contributed by atoms with Crippen molar-refractivity contribution in [1.82, 2.24) is 10.6 Å². The topological polar surface area (TPSA) is 64.9 Å². The van der Waals surface area contributed by atoms with Gasteiger partial charge in [-0.2, -0.15) is 5.26 Å². The van der Waals surface area contributed by atoms with Crippen molar-refractivity contribution < 1.29 is 4.79 Å². The van der Waals surface area contributed by atoms with Gasteiger partial charge in [0, 0.05) is 6.04 Å². The van der Waals surface area contributed by atoms with Crippen molar-refractivity contribution in [2.24, 2.45) is 0 Å². The van der Waals surface area contributed by atoms with Gasteiger partial charge in [0.2, 0.25) is 5.91 Å². The number of hydrogen-bond donors (Lipinski definition) is 2. The standard InChI is InChI=1S/C8H15N3O/c1-6(2)11-8(12)7(3)10-5-4-9/h6-7,10H,5H2,1-3H3,(H,11,12). The van der Waals surface area contributed by atoms with E-state index in [4.69, 9.17) is 5.26 Å². The van der Waals surface area contributed by atoms with Gasteiger partial charge in [0.05, 0.1) is 18.7 Å². The Morgan fingerprint density at radius 3 is 2.50 bits per heavy atom. The quantitative estimate of drug-likeness (QED) is 0.583. The lowest BCUT2D eigenvalue weighted by atomic mass is 10.3. The van der Waals surface area contributed by atoms with Gasteiger partial charge in [-0.25, -0.2) is 0 Å². The lowest BCUT2D eigenvalue weighted by Crippen LogP contribution is -2.44. The van der Waals surface area contributed by atoms with Crippen molar-refractivity contribution in [1.29, 1.82) is 5.26 Å². The Morgan fingerprint density at radius 2 is 2.08 bits per heavy atom. The highest BCUT2D eigenvalue weighted by molar-refractivity contribution is 5.81. The van der Waals surface area contributed by atoms with Gasteiger partial charge in [-0.3, -0.25) is 10.1 Å². The Morgan fingerprint density at radius 1 is 1.50 bits per heavy atom. The third kappa shape index (κ3) is 4.69. The van der Waals surface area contributed by atoms with E-state index < -0.39 is 0 Å². The summed E-state index contributed by atoms with van der Waals surface area (Å²) >= 11 is 0. The summed E-state index contributed by atoms with van der Waals surface area (Å²) in [7, 11) is 0. The van der Waals surface area contributed by atoms with E-state index in [1.807, 2.05) is 19.9 Å². The Labute approximate surface area is 72.9 Å². The van der Waals surface area contributed by atoms with Crippen LogP contribution >= 0.6 is 0 Å². The summed E-state index contributed by atoms with van der Waals surface area (Å²) < 4.78 is 0. The van der Waals surface area contributed by atoms with Gasteiger partial charge < -0.3 is 5.32 Å². The van der Waals surface area contributed by atoms with Crippen molar-refractivity contribution in [3.8, 4) is 6.07 Å². The molecule has 1 unspecified atom stereocenters. The predicted octanol–water partition coefficient (Wildman–Crippen LogP) is 0.0127. The lowest BCUT2D eigenvalue weighted by Gasteiger charge is -2.13. The van der Waals surface area contributed by atoms with Gasteiger partial charge in [-0.15, -0.1) is 0 Å². The molecule has 0 spiro atoms. The maximum absolute atomic E-state index is 11.2. The van der Waals surface area contributed by atoms with Crippen LogP contribution in [-0.4, -0.2) is 24.5 Å². The van der Waals surface area contributed by atoms with Crippen molar-refractivity contribution >= 4 is 5.91 Å². The minimum Gasteiger partial charge on any atom is -0.353 e. The molecule has 0 aromatic rings. The molecule has 4 nitrogen and oxygen atoms in total. The third-order valence-electron chi connectivity index (χ3n) is 1.31. The smallest absolute Gasteiger partial charge is 0.237 e. The van der Waals surface area contributed by atoms with Gasteiger partial charge in [0.25, 0.3) is 0 Å². The van der Waals surface area contributed by atoms with Crippen LogP contribution in [-0.2, 0) is 4.79 Å². The highest BCUT2D eigenvalue weighted by atomic mass is 16.2. The first kappa shape index (κ1) is 10.9. The zero-order valence-corrected chi connectivity index (χ0v) is 7.72. The van der Waals surface area contributed by atoms with Crippen molar-refractivity contribution in [3.63, 3.8) is 0 Å². The zero-order chi connectivity index (χ0) is 9.56. The summed E-state index contributed by atoms with van der Waals surface area (Å²) in [6, 6.07) is 1.76. The first-order chi connectivity index (χ1) is 5.57. The monoisotopic (exact) mass is 169 g/mol. The van der Waals surface area contributed by atoms with Crippen molar-refractivity contribution in [2.75, 3.05) is 6.54 Å². The molecule has 68 valence electrons. The Balaban J connectivity index is 3.70. The number of carbonyl (C=O) groups is 1. The maximum Gasteiger partial charge on any atom is 0.237 e. The molecule has 0 bridgehead atoms. The summed E-state index contributed by atoms with van der Waals surface area (Å²) in [6.45, 7) is 5.73. The molecule has 2 N–H and O–H groups in total. The highest BCUT2D eigenvalue weighted by Gasteiger charge is 2.11. The van der Waals surface area contributed by atoms with Gasteiger partial charge >= 0.3 is 0 Å². The number of nitriles is 1. The van der Waals surface area contributed by atoms with Gasteiger partial charge in [0.15, 0.2) is 0 Å². The molecule has 0 aliphatic carbocycles. The molecule has 12 heavy (non-hydrogen) atoms.